The highest BCUT2D eigenvalue weighted by Gasteiger charge is 2.11. The topological polar surface area (TPSA) is 81.7 Å². The summed E-state index contributed by atoms with van der Waals surface area (Å²) >= 11 is 0. The maximum absolute atomic E-state index is 12.6. The van der Waals surface area contributed by atoms with Gasteiger partial charge in [0.2, 0.25) is 0 Å². The Bertz CT molecular complexity index is 974. The van der Waals surface area contributed by atoms with Crippen LogP contribution in [0.5, 0.6) is 17.2 Å². The first-order valence-corrected chi connectivity index (χ1v) is 8.99. The molecule has 0 fully saturated rings. The number of methoxy groups -OCH3 is 3. The molecule has 0 saturated carbocycles. The lowest BCUT2D eigenvalue weighted by Crippen LogP contribution is -2.14. The maximum atomic E-state index is 12.6. The molecular formula is C22H23N3O4. The number of aromatic nitrogens is 1. The number of rotatable bonds is 8. The minimum atomic E-state index is -0.315. The Morgan fingerprint density at radius 3 is 2.31 bits per heavy atom. The largest absolute Gasteiger partial charge is 0.497 e. The molecule has 0 radical (unpaired) electrons. The van der Waals surface area contributed by atoms with Crippen LogP contribution in [-0.4, -0.2) is 32.2 Å². The van der Waals surface area contributed by atoms with Crippen LogP contribution in [0, 0.1) is 0 Å². The third-order valence-corrected chi connectivity index (χ3v) is 4.29. The number of carbonyl (C=O) groups is 1. The molecule has 0 aliphatic rings. The summed E-state index contributed by atoms with van der Waals surface area (Å²) in [4.78, 5) is 16.7. The molecule has 0 unspecified atom stereocenters. The van der Waals surface area contributed by atoms with Gasteiger partial charge in [0.1, 0.15) is 11.4 Å². The first kappa shape index (κ1) is 20.0. The summed E-state index contributed by atoms with van der Waals surface area (Å²) in [6.07, 6.45) is 1.60. The van der Waals surface area contributed by atoms with Crippen LogP contribution in [0.4, 0.5) is 11.4 Å². The van der Waals surface area contributed by atoms with Crippen molar-refractivity contribution in [1.82, 2.24) is 4.98 Å². The molecule has 29 heavy (non-hydrogen) atoms. The highest BCUT2D eigenvalue weighted by molar-refractivity contribution is 6.03. The van der Waals surface area contributed by atoms with Crippen LogP contribution < -0.4 is 24.8 Å². The second-order valence-corrected chi connectivity index (χ2v) is 6.16. The van der Waals surface area contributed by atoms with Crippen LogP contribution in [0.15, 0.2) is 60.8 Å². The van der Waals surface area contributed by atoms with E-state index in [1.807, 2.05) is 30.3 Å². The Balaban J connectivity index is 1.65. The van der Waals surface area contributed by atoms with Crippen molar-refractivity contribution in [2.24, 2.45) is 0 Å². The van der Waals surface area contributed by atoms with E-state index in [1.165, 1.54) is 0 Å². The zero-order chi connectivity index (χ0) is 20.6. The average Bonchev–Trinajstić information content (AvgIpc) is 2.78. The molecule has 2 aromatic carbocycles. The molecule has 1 amide bonds. The van der Waals surface area contributed by atoms with Crippen LogP contribution >= 0.6 is 0 Å². The monoisotopic (exact) mass is 393 g/mol. The van der Waals surface area contributed by atoms with Gasteiger partial charge in [0, 0.05) is 30.2 Å². The van der Waals surface area contributed by atoms with E-state index in [0.717, 1.165) is 17.0 Å². The van der Waals surface area contributed by atoms with Crippen LogP contribution in [0.1, 0.15) is 16.1 Å². The highest BCUT2D eigenvalue weighted by atomic mass is 16.5. The van der Waals surface area contributed by atoms with Gasteiger partial charge < -0.3 is 24.8 Å². The number of nitrogens with zero attached hydrogens (tertiary/aromatic N) is 1. The standard InChI is InChI=1S/C22H23N3O4/c1-27-18-7-4-15(5-8-18)14-24-16-10-11-23-19(12-16)22(26)25-17-6-9-20(28-2)21(13-17)29-3/h4-13H,14H2,1-3H3,(H,23,24)(H,25,26). The Morgan fingerprint density at radius 2 is 1.62 bits per heavy atom. The predicted molar refractivity (Wildman–Crippen MR) is 112 cm³/mol. The lowest BCUT2D eigenvalue weighted by atomic mass is 10.2. The number of ether oxygens (including phenoxy) is 3. The van der Waals surface area contributed by atoms with Gasteiger partial charge in [0.15, 0.2) is 11.5 Å². The quantitative estimate of drug-likeness (QED) is 0.603. The van der Waals surface area contributed by atoms with E-state index in [4.69, 9.17) is 14.2 Å². The molecule has 1 heterocycles. The lowest BCUT2D eigenvalue weighted by Gasteiger charge is -2.11. The summed E-state index contributed by atoms with van der Waals surface area (Å²) in [5.41, 5.74) is 2.79. The van der Waals surface area contributed by atoms with Crippen molar-refractivity contribution in [1.29, 1.82) is 0 Å². The third kappa shape index (κ3) is 5.16. The molecule has 3 rings (SSSR count). The second-order valence-electron chi connectivity index (χ2n) is 6.16. The molecule has 1 aromatic heterocycles. The van der Waals surface area contributed by atoms with Crippen LogP contribution in [0.3, 0.4) is 0 Å². The molecule has 0 saturated heterocycles. The van der Waals surface area contributed by atoms with Gasteiger partial charge in [0.05, 0.1) is 21.3 Å². The van der Waals surface area contributed by atoms with E-state index in [-0.39, 0.29) is 5.91 Å². The summed E-state index contributed by atoms with van der Waals surface area (Å²) in [5, 5.41) is 6.11. The fraction of sp³-hybridized carbons (Fsp3) is 0.182. The number of nitrogens with one attached hydrogen (secondary N) is 2. The normalized spacial score (nSPS) is 10.2. The number of amides is 1. The zero-order valence-corrected chi connectivity index (χ0v) is 16.6. The maximum Gasteiger partial charge on any atom is 0.274 e. The summed E-state index contributed by atoms with van der Waals surface area (Å²) in [6.45, 7) is 0.616. The van der Waals surface area contributed by atoms with Gasteiger partial charge in [-0.25, -0.2) is 0 Å². The van der Waals surface area contributed by atoms with Crippen molar-refractivity contribution in [2.75, 3.05) is 32.0 Å². The average molecular weight is 393 g/mol. The summed E-state index contributed by atoms with van der Waals surface area (Å²) in [6, 6.07) is 16.5. The first-order valence-electron chi connectivity index (χ1n) is 8.99. The van der Waals surface area contributed by atoms with Crippen molar-refractivity contribution in [2.45, 2.75) is 6.54 Å². The molecule has 0 aliphatic heterocycles. The van der Waals surface area contributed by atoms with Crippen molar-refractivity contribution in [3.8, 4) is 17.2 Å². The van der Waals surface area contributed by atoms with E-state index in [9.17, 15) is 4.79 Å². The summed E-state index contributed by atoms with van der Waals surface area (Å²) in [7, 11) is 4.74. The summed E-state index contributed by atoms with van der Waals surface area (Å²) < 4.78 is 15.6. The summed E-state index contributed by atoms with van der Waals surface area (Å²) in [5.74, 6) is 1.62. The Morgan fingerprint density at radius 1 is 0.862 bits per heavy atom. The molecule has 3 aromatic rings. The number of carbonyl (C=O) groups excluding carboxylic acids is 1. The molecule has 0 spiro atoms. The Hall–Kier alpha value is -3.74. The van der Waals surface area contributed by atoms with Crippen molar-refractivity contribution >= 4 is 17.3 Å². The van der Waals surface area contributed by atoms with Gasteiger partial charge in [0.25, 0.3) is 5.91 Å². The number of hydrogen-bond acceptors (Lipinski definition) is 6. The van der Waals surface area contributed by atoms with E-state index < -0.39 is 0 Å². The molecule has 7 nitrogen and oxygen atoms in total. The molecule has 2 N–H and O–H groups in total. The minimum absolute atomic E-state index is 0.305. The molecule has 0 atom stereocenters. The van der Waals surface area contributed by atoms with Gasteiger partial charge >= 0.3 is 0 Å². The SMILES string of the molecule is COc1ccc(CNc2ccnc(C(=O)Nc3ccc(OC)c(OC)c3)c2)cc1. The molecule has 7 heteroatoms. The first-order chi connectivity index (χ1) is 14.1. The predicted octanol–water partition coefficient (Wildman–Crippen LogP) is 3.97. The van der Waals surface area contributed by atoms with Crippen LogP contribution in [0.25, 0.3) is 0 Å². The second kappa shape index (κ2) is 9.45. The molecule has 0 bridgehead atoms. The fourth-order valence-corrected chi connectivity index (χ4v) is 2.72. The molecule has 0 aliphatic carbocycles. The Kier molecular flexibility index (Phi) is 6.52. The van der Waals surface area contributed by atoms with Gasteiger partial charge in [-0.2, -0.15) is 0 Å². The fourth-order valence-electron chi connectivity index (χ4n) is 2.72. The smallest absolute Gasteiger partial charge is 0.274 e. The minimum Gasteiger partial charge on any atom is -0.497 e. The van der Waals surface area contributed by atoms with Gasteiger partial charge in [-0.3, -0.25) is 9.78 Å². The third-order valence-electron chi connectivity index (χ3n) is 4.29. The number of anilines is 2. The Labute approximate surface area is 169 Å². The van der Waals surface area contributed by atoms with Crippen LogP contribution in [-0.2, 0) is 6.54 Å². The number of pyridine rings is 1. The van der Waals surface area contributed by atoms with E-state index in [0.29, 0.717) is 29.4 Å². The molecule has 150 valence electrons. The van der Waals surface area contributed by atoms with Gasteiger partial charge in [-0.05, 0) is 42.0 Å². The zero-order valence-electron chi connectivity index (χ0n) is 16.6. The molecular weight excluding hydrogens is 370 g/mol. The van der Waals surface area contributed by atoms with E-state index >= 15 is 0 Å². The lowest BCUT2D eigenvalue weighted by molar-refractivity contribution is 0.102. The van der Waals surface area contributed by atoms with Crippen molar-refractivity contribution in [3.05, 3.63) is 72.1 Å². The van der Waals surface area contributed by atoms with Crippen molar-refractivity contribution in [3.63, 3.8) is 0 Å². The van der Waals surface area contributed by atoms with Gasteiger partial charge in [-0.15, -0.1) is 0 Å². The van der Waals surface area contributed by atoms with Gasteiger partial charge in [-0.1, -0.05) is 12.1 Å². The van der Waals surface area contributed by atoms with Crippen molar-refractivity contribution < 1.29 is 19.0 Å². The van der Waals surface area contributed by atoms with Crippen LogP contribution in [0.2, 0.25) is 0 Å². The van der Waals surface area contributed by atoms with E-state index in [2.05, 4.69) is 15.6 Å². The number of hydrogen-bond donors (Lipinski definition) is 2. The number of benzene rings is 2. The van der Waals surface area contributed by atoms with E-state index in [1.54, 1.807) is 51.8 Å². The highest BCUT2D eigenvalue weighted by Crippen LogP contribution is 2.29.